The molecule has 2 aromatic rings. The van der Waals surface area contributed by atoms with Gasteiger partial charge >= 0.3 is 0 Å². The lowest BCUT2D eigenvalue weighted by Gasteiger charge is -2.04. The molecule has 0 amide bonds. The summed E-state index contributed by atoms with van der Waals surface area (Å²) in [5.74, 6) is 0.222. The molecule has 3 nitrogen and oxygen atoms in total. The molecule has 3 heteroatoms. The topological polar surface area (TPSA) is 42.9 Å². The highest BCUT2D eigenvalue weighted by Crippen LogP contribution is 2.19. The van der Waals surface area contributed by atoms with Gasteiger partial charge in [-0.15, -0.1) is 0 Å². The summed E-state index contributed by atoms with van der Waals surface area (Å²) in [6.45, 7) is 1.93. The summed E-state index contributed by atoms with van der Waals surface area (Å²) < 4.78 is 0. The van der Waals surface area contributed by atoms with Crippen molar-refractivity contribution in [3.63, 3.8) is 0 Å². The Morgan fingerprint density at radius 3 is 2.60 bits per heavy atom. The predicted molar refractivity (Wildman–Crippen MR) is 57.6 cm³/mol. The Morgan fingerprint density at radius 2 is 1.93 bits per heavy atom. The van der Waals surface area contributed by atoms with Gasteiger partial charge in [-0.2, -0.15) is 0 Å². The highest BCUT2D eigenvalue weighted by atomic mass is 16.1. The normalized spacial score (nSPS) is 9.93. The number of rotatable bonds is 2. The first-order valence-electron chi connectivity index (χ1n) is 4.65. The molecule has 0 saturated heterocycles. The van der Waals surface area contributed by atoms with Crippen LogP contribution in [0.1, 0.15) is 16.2 Å². The molecule has 0 unspecified atom stereocenters. The average molecular weight is 198 g/mol. The van der Waals surface area contributed by atoms with Gasteiger partial charge in [0.1, 0.15) is 0 Å². The molecule has 0 spiro atoms. The van der Waals surface area contributed by atoms with E-state index in [9.17, 15) is 4.79 Å². The number of aldehydes is 1. The van der Waals surface area contributed by atoms with Crippen LogP contribution in [0, 0.1) is 6.92 Å². The molecule has 2 rings (SSSR count). The van der Waals surface area contributed by atoms with Gasteiger partial charge in [0.15, 0.2) is 12.1 Å². The van der Waals surface area contributed by atoms with E-state index in [1.54, 1.807) is 6.20 Å². The summed E-state index contributed by atoms with van der Waals surface area (Å²) in [7, 11) is 0. The van der Waals surface area contributed by atoms with Crippen molar-refractivity contribution in [1.29, 1.82) is 0 Å². The van der Waals surface area contributed by atoms with Crippen LogP contribution in [0.3, 0.4) is 0 Å². The Hall–Kier alpha value is -2.03. The number of benzene rings is 1. The molecule has 15 heavy (non-hydrogen) atoms. The van der Waals surface area contributed by atoms with E-state index < -0.39 is 0 Å². The molecule has 0 N–H and O–H groups in total. The van der Waals surface area contributed by atoms with Crippen LogP contribution >= 0.6 is 0 Å². The Kier molecular flexibility index (Phi) is 2.54. The van der Waals surface area contributed by atoms with Crippen molar-refractivity contribution in [2.24, 2.45) is 0 Å². The van der Waals surface area contributed by atoms with Gasteiger partial charge in [-0.05, 0) is 12.5 Å². The van der Waals surface area contributed by atoms with Crippen molar-refractivity contribution < 1.29 is 4.79 Å². The maximum atomic E-state index is 10.6. The summed E-state index contributed by atoms with van der Waals surface area (Å²) in [5.41, 5.74) is 2.78. The molecule has 0 saturated carbocycles. The maximum Gasteiger partial charge on any atom is 0.193 e. The molecule has 0 aliphatic heterocycles. The minimum Gasteiger partial charge on any atom is -0.294 e. The molecule has 1 heterocycles. The number of carbonyl (C=O) groups is 1. The van der Waals surface area contributed by atoms with Crippen LogP contribution in [-0.4, -0.2) is 16.3 Å². The molecular weight excluding hydrogens is 188 g/mol. The van der Waals surface area contributed by atoms with Crippen LogP contribution in [0.2, 0.25) is 0 Å². The molecule has 0 aliphatic rings. The van der Waals surface area contributed by atoms with E-state index in [0.29, 0.717) is 6.29 Å². The molecule has 0 radical (unpaired) electrons. The number of nitrogens with zero attached hydrogens (tertiary/aromatic N) is 2. The number of aryl methyl sites for hydroxylation is 1. The monoisotopic (exact) mass is 198 g/mol. The van der Waals surface area contributed by atoms with Crippen molar-refractivity contribution in [3.05, 3.63) is 47.9 Å². The van der Waals surface area contributed by atoms with E-state index >= 15 is 0 Å². The van der Waals surface area contributed by atoms with E-state index in [-0.39, 0.29) is 5.82 Å². The van der Waals surface area contributed by atoms with Gasteiger partial charge in [-0.25, -0.2) is 9.97 Å². The Morgan fingerprint density at radius 1 is 1.20 bits per heavy atom. The quantitative estimate of drug-likeness (QED) is 0.695. The molecule has 1 aromatic carbocycles. The third-order valence-corrected chi connectivity index (χ3v) is 2.14. The smallest absolute Gasteiger partial charge is 0.193 e. The van der Waals surface area contributed by atoms with E-state index in [2.05, 4.69) is 9.97 Å². The minimum atomic E-state index is 0.222. The summed E-state index contributed by atoms with van der Waals surface area (Å²) in [5, 5.41) is 0. The predicted octanol–water partition coefficient (Wildman–Crippen LogP) is 2.26. The second kappa shape index (κ2) is 4.00. The highest BCUT2D eigenvalue weighted by Gasteiger charge is 2.04. The van der Waals surface area contributed by atoms with Crippen molar-refractivity contribution in [2.75, 3.05) is 0 Å². The fourth-order valence-corrected chi connectivity index (χ4v) is 1.40. The van der Waals surface area contributed by atoms with Crippen LogP contribution in [0.15, 0.2) is 36.5 Å². The summed E-state index contributed by atoms with van der Waals surface area (Å²) in [6.07, 6.45) is 2.32. The van der Waals surface area contributed by atoms with Gasteiger partial charge in [0.25, 0.3) is 0 Å². The Bertz CT molecular complexity index is 480. The second-order valence-electron chi connectivity index (χ2n) is 3.24. The number of hydrogen-bond donors (Lipinski definition) is 0. The number of aromatic nitrogens is 2. The van der Waals surface area contributed by atoms with E-state index in [1.807, 2.05) is 37.3 Å². The second-order valence-corrected chi connectivity index (χ2v) is 3.24. The van der Waals surface area contributed by atoms with Crippen molar-refractivity contribution in [3.8, 4) is 11.3 Å². The van der Waals surface area contributed by atoms with Gasteiger partial charge in [0.05, 0.1) is 5.69 Å². The van der Waals surface area contributed by atoms with Crippen LogP contribution in [0.5, 0.6) is 0 Å². The first kappa shape index (κ1) is 9.52. The molecule has 0 atom stereocenters. The van der Waals surface area contributed by atoms with Gasteiger partial charge in [-0.3, -0.25) is 4.79 Å². The van der Waals surface area contributed by atoms with Gasteiger partial charge < -0.3 is 0 Å². The molecule has 1 aromatic heterocycles. The van der Waals surface area contributed by atoms with Crippen LogP contribution < -0.4 is 0 Å². The molecular formula is C12H10N2O. The van der Waals surface area contributed by atoms with Gasteiger partial charge in [-0.1, -0.05) is 30.3 Å². The van der Waals surface area contributed by atoms with Crippen LogP contribution in [0.4, 0.5) is 0 Å². The molecule has 0 bridgehead atoms. The fraction of sp³-hybridized carbons (Fsp3) is 0.0833. The maximum absolute atomic E-state index is 10.6. The van der Waals surface area contributed by atoms with Crippen molar-refractivity contribution in [2.45, 2.75) is 6.92 Å². The molecule has 0 fully saturated rings. The van der Waals surface area contributed by atoms with Crippen LogP contribution in [0.25, 0.3) is 11.3 Å². The third-order valence-electron chi connectivity index (χ3n) is 2.14. The van der Waals surface area contributed by atoms with Gasteiger partial charge in [0.2, 0.25) is 0 Å². The molecule has 0 aliphatic carbocycles. The zero-order chi connectivity index (χ0) is 10.7. The van der Waals surface area contributed by atoms with Gasteiger partial charge in [0, 0.05) is 11.8 Å². The Labute approximate surface area is 87.8 Å². The minimum absolute atomic E-state index is 0.222. The number of carbonyl (C=O) groups excluding carboxylic acids is 1. The van der Waals surface area contributed by atoms with Crippen molar-refractivity contribution in [1.82, 2.24) is 9.97 Å². The fourth-order valence-electron chi connectivity index (χ4n) is 1.40. The summed E-state index contributed by atoms with van der Waals surface area (Å²) in [4.78, 5) is 18.7. The highest BCUT2D eigenvalue weighted by molar-refractivity contribution is 5.71. The first-order chi connectivity index (χ1) is 7.31. The zero-order valence-corrected chi connectivity index (χ0v) is 8.34. The summed E-state index contributed by atoms with van der Waals surface area (Å²) >= 11 is 0. The van der Waals surface area contributed by atoms with E-state index in [4.69, 9.17) is 0 Å². The lowest BCUT2D eigenvalue weighted by atomic mass is 10.1. The SMILES string of the molecule is Cc1cnc(C=O)nc1-c1ccccc1. The third kappa shape index (κ3) is 1.91. The van der Waals surface area contributed by atoms with Crippen molar-refractivity contribution >= 4 is 6.29 Å². The standard InChI is InChI=1S/C12H10N2O/c1-9-7-13-11(8-15)14-12(9)10-5-3-2-4-6-10/h2-8H,1H3. The first-order valence-corrected chi connectivity index (χ1v) is 4.65. The average Bonchev–Trinajstić information content (AvgIpc) is 2.31. The largest absolute Gasteiger partial charge is 0.294 e. The lowest BCUT2D eigenvalue weighted by Crippen LogP contribution is -1.97. The number of hydrogen-bond acceptors (Lipinski definition) is 3. The van der Waals surface area contributed by atoms with E-state index in [1.165, 1.54) is 0 Å². The molecule has 74 valence electrons. The zero-order valence-electron chi connectivity index (χ0n) is 8.34. The lowest BCUT2D eigenvalue weighted by molar-refractivity contribution is 0.111. The van der Waals surface area contributed by atoms with E-state index in [0.717, 1.165) is 16.8 Å². The Balaban J connectivity index is 2.57. The summed E-state index contributed by atoms with van der Waals surface area (Å²) in [6, 6.07) is 9.75. The van der Waals surface area contributed by atoms with Crippen LogP contribution in [-0.2, 0) is 0 Å².